The average Bonchev–Trinajstić information content (AvgIpc) is 2.16. The molecule has 0 aliphatic rings. The lowest BCUT2D eigenvalue weighted by molar-refractivity contribution is 0.505. The van der Waals surface area contributed by atoms with Gasteiger partial charge in [0.05, 0.1) is 0 Å². The summed E-state index contributed by atoms with van der Waals surface area (Å²) in [6.45, 7) is 4.42. The van der Waals surface area contributed by atoms with Gasteiger partial charge in [0.1, 0.15) is 0 Å². The monoisotopic (exact) mass is 209 g/mol. The van der Waals surface area contributed by atoms with Gasteiger partial charge in [-0.15, -0.1) is 11.8 Å². The van der Waals surface area contributed by atoms with Gasteiger partial charge in [0.25, 0.3) is 0 Å². The summed E-state index contributed by atoms with van der Waals surface area (Å²) in [6.07, 6.45) is 3.15. The molecule has 0 amide bonds. The van der Waals surface area contributed by atoms with Crippen LogP contribution in [0.2, 0.25) is 0 Å². The van der Waals surface area contributed by atoms with E-state index >= 15 is 0 Å². The van der Waals surface area contributed by atoms with Crippen LogP contribution in [0.4, 0.5) is 0 Å². The minimum absolute atomic E-state index is 0.179. The molecule has 1 aromatic carbocycles. The van der Waals surface area contributed by atoms with Gasteiger partial charge in [-0.25, -0.2) is 0 Å². The number of benzene rings is 1. The predicted molar refractivity (Wildman–Crippen MR) is 64.6 cm³/mol. The van der Waals surface area contributed by atoms with Crippen molar-refractivity contribution >= 4 is 11.8 Å². The van der Waals surface area contributed by atoms with E-state index in [1.165, 1.54) is 10.5 Å². The van der Waals surface area contributed by atoms with E-state index in [2.05, 4.69) is 44.4 Å². The normalized spacial score (nSPS) is 13.2. The van der Waals surface area contributed by atoms with E-state index < -0.39 is 0 Å². The Hall–Kier alpha value is -0.470. The van der Waals surface area contributed by atoms with E-state index in [9.17, 15) is 0 Å². The molecule has 1 unspecified atom stereocenters. The summed E-state index contributed by atoms with van der Waals surface area (Å²) in [5.41, 5.74) is 7.44. The zero-order chi connectivity index (χ0) is 10.6. The van der Waals surface area contributed by atoms with Gasteiger partial charge >= 0.3 is 0 Å². The fourth-order valence-electron chi connectivity index (χ4n) is 1.61. The summed E-state index contributed by atoms with van der Waals surface area (Å²) in [5, 5.41) is 0. The van der Waals surface area contributed by atoms with Gasteiger partial charge in [-0.05, 0) is 30.2 Å². The molecule has 0 bridgehead atoms. The third-order valence-electron chi connectivity index (χ3n) is 2.26. The van der Waals surface area contributed by atoms with Gasteiger partial charge in [0, 0.05) is 10.9 Å². The SMILES string of the molecule is CSc1ccccc1C(N)CC(C)C. The number of thioether (sulfide) groups is 1. The summed E-state index contributed by atoms with van der Waals surface area (Å²) >= 11 is 1.77. The van der Waals surface area contributed by atoms with Crippen molar-refractivity contribution in [2.45, 2.75) is 31.2 Å². The molecule has 0 aromatic heterocycles. The first kappa shape index (κ1) is 11.6. The molecule has 0 spiro atoms. The highest BCUT2D eigenvalue weighted by atomic mass is 32.2. The second-order valence-electron chi connectivity index (χ2n) is 3.98. The Morgan fingerprint density at radius 3 is 2.50 bits per heavy atom. The van der Waals surface area contributed by atoms with Crippen molar-refractivity contribution in [2.75, 3.05) is 6.26 Å². The lowest BCUT2D eigenvalue weighted by atomic mass is 9.98. The summed E-state index contributed by atoms with van der Waals surface area (Å²) in [5.74, 6) is 0.653. The van der Waals surface area contributed by atoms with Gasteiger partial charge in [-0.2, -0.15) is 0 Å². The summed E-state index contributed by atoms with van der Waals surface area (Å²) in [4.78, 5) is 1.31. The van der Waals surface area contributed by atoms with Crippen molar-refractivity contribution in [3.8, 4) is 0 Å². The maximum Gasteiger partial charge on any atom is 0.0308 e. The quantitative estimate of drug-likeness (QED) is 0.769. The van der Waals surface area contributed by atoms with Crippen LogP contribution < -0.4 is 5.73 Å². The largest absolute Gasteiger partial charge is 0.324 e. The Morgan fingerprint density at radius 1 is 1.29 bits per heavy atom. The fraction of sp³-hybridized carbons (Fsp3) is 0.500. The van der Waals surface area contributed by atoms with Gasteiger partial charge in [-0.1, -0.05) is 32.0 Å². The maximum absolute atomic E-state index is 6.16. The maximum atomic E-state index is 6.16. The Bertz CT molecular complexity index is 283. The van der Waals surface area contributed by atoms with Crippen LogP contribution in [0, 0.1) is 5.92 Å². The Kier molecular flexibility index (Phi) is 4.49. The summed E-state index contributed by atoms with van der Waals surface area (Å²) in [7, 11) is 0. The molecule has 78 valence electrons. The van der Waals surface area contributed by atoms with Crippen LogP contribution in [0.3, 0.4) is 0 Å². The van der Waals surface area contributed by atoms with Gasteiger partial charge in [0.15, 0.2) is 0 Å². The first-order valence-electron chi connectivity index (χ1n) is 5.03. The molecule has 1 rings (SSSR count). The highest BCUT2D eigenvalue weighted by molar-refractivity contribution is 7.98. The second-order valence-corrected chi connectivity index (χ2v) is 4.83. The smallest absolute Gasteiger partial charge is 0.0308 e. The molecule has 0 radical (unpaired) electrons. The van der Waals surface area contributed by atoms with Gasteiger partial charge in [-0.3, -0.25) is 0 Å². The second kappa shape index (κ2) is 5.42. The molecule has 0 saturated heterocycles. The highest BCUT2D eigenvalue weighted by Gasteiger charge is 2.11. The van der Waals surface area contributed by atoms with Crippen molar-refractivity contribution in [3.05, 3.63) is 29.8 Å². The molecule has 1 atom stereocenters. The first-order valence-corrected chi connectivity index (χ1v) is 6.26. The fourth-order valence-corrected chi connectivity index (χ4v) is 2.28. The Labute approximate surface area is 91.1 Å². The van der Waals surface area contributed by atoms with E-state index in [1.807, 2.05) is 0 Å². The zero-order valence-corrected chi connectivity index (χ0v) is 9.97. The molecular formula is C12H19NS. The third-order valence-corrected chi connectivity index (χ3v) is 3.08. The van der Waals surface area contributed by atoms with Crippen LogP contribution >= 0.6 is 11.8 Å². The number of hydrogen-bond acceptors (Lipinski definition) is 2. The number of rotatable bonds is 4. The van der Waals surface area contributed by atoms with Crippen molar-refractivity contribution in [1.29, 1.82) is 0 Å². The summed E-state index contributed by atoms with van der Waals surface area (Å²) in [6, 6.07) is 8.59. The van der Waals surface area contributed by atoms with Crippen LogP contribution in [-0.2, 0) is 0 Å². The highest BCUT2D eigenvalue weighted by Crippen LogP contribution is 2.27. The van der Waals surface area contributed by atoms with Gasteiger partial charge in [0.2, 0.25) is 0 Å². The van der Waals surface area contributed by atoms with E-state index in [-0.39, 0.29) is 6.04 Å². The van der Waals surface area contributed by atoms with Crippen LogP contribution in [0.5, 0.6) is 0 Å². The van der Waals surface area contributed by atoms with E-state index in [4.69, 9.17) is 5.73 Å². The van der Waals surface area contributed by atoms with E-state index in [0.29, 0.717) is 5.92 Å². The van der Waals surface area contributed by atoms with Crippen LogP contribution in [0.25, 0.3) is 0 Å². The standard InChI is InChI=1S/C12H19NS/c1-9(2)8-11(13)10-6-4-5-7-12(10)14-3/h4-7,9,11H,8,13H2,1-3H3. The third kappa shape index (κ3) is 3.03. The molecule has 0 fully saturated rings. The molecular weight excluding hydrogens is 190 g/mol. The minimum Gasteiger partial charge on any atom is -0.324 e. The predicted octanol–water partition coefficient (Wildman–Crippen LogP) is 3.45. The minimum atomic E-state index is 0.179. The number of hydrogen-bond donors (Lipinski definition) is 1. The van der Waals surface area contributed by atoms with Crippen molar-refractivity contribution in [3.63, 3.8) is 0 Å². The van der Waals surface area contributed by atoms with Crippen molar-refractivity contribution in [2.24, 2.45) is 11.7 Å². The molecule has 2 N–H and O–H groups in total. The summed E-state index contributed by atoms with van der Waals surface area (Å²) < 4.78 is 0. The van der Waals surface area contributed by atoms with Crippen LogP contribution in [0.15, 0.2) is 29.2 Å². The van der Waals surface area contributed by atoms with Crippen molar-refractivity contribution in [1.82, 2.24) is 0 Å². The molecule has 0 saturated carbocycles. The lowest BCUT2D eigenvalue weighted by Gasteiger charge is -2.17. The molecule has 14 heavy (non-hydrogen) atoms. The topological polar surface area (TPSA) is 26.0 Å². The molecule has 2 heteroatoms. The van der Waals surface area contributed by atoms with Crippen LogP contribution in [-0.4, -0.2) is 6.26 Å². The van der Waals surface area contributed by atoms with E-state index in [1.54, 1.807) is 11.8 Å². The Morgan fingerprint density at radius 2 is 1.93 bits per heavy atom. The van der Waals surface area contributed by atoms with Gasteiger partial charge < -0.3 is 5.73 Å². The molecule has 1 aromatic rings. The average molecular weight is 209 g/mol. The number of nitrogens with two attached hydrogens (primary N) is 1. The molecule has 0 heterocycles. The molecule has 1 nitrogen and oxygen atoms in total. The van der Waals surface area contributed by atoms with Crippen molar-refractivity contribution < 1.29 is 0 Å². The molecule has 0 aliphatic carbocycles. The van der Waals surface area contributed by atoms with E-state index in [0.717, 1.165) is 6.42 Å². The molecule has 0 aliphatic heterocycles. The zero-order valence-electron chi connectivity index (χ0n) is 9.16. The Balaban J connectivity index is 2.82. The first-order chi connectivity index (χ1) is 6.65. The van der Waals surface area contributed by atoms with Crippen LogP contribution in [0.1, 0.15) is 31.9 Å². The lowest BCUT2D eigenvalue weighted by Crippen LogP contribution is -2.13.